The van der Waals surface area contributed by atoms with Crippen molar-refractivity contribution < 1.29 is 9.47 Å². The van der Waals surface area contributed by atoms with E-state index < -0.39 is 5.60 Å². The molecule has 3 aromatic rings. The van der Waals surface area contributed by atoms with E-state index in [1.807, 2.05) is 18.2 Å². The number of halogens is 1. The zero-order chi connectivity index (χ0) is 18.6. The van der Waals surface area contributed by atoms with Crippen molar-refractivity contribution in [3.05, 3.63) is 88.5 Å². The molecule has 0 aliphatic carbocycles. The number of fused-ring (bicyclic) bond motifs is 5. The van der Waals surface area contributed by atoms with Crippen LogP contribution < -0.4 is 14.4 Å². The van der Waals surface area contributed by atoms with Gasteiger partial charge in [-0.2, -0.15) is 0 Å². The zero-order valence-electron chi connectivity index (χ0n) is 15.1. The third-order valence-electron chi connectivity index (χ3n) is 5.36. The van der Waals surface area contributed by atoms with Gasteiger partial charge in [0.25, 0.3) is 0 Å². The van der Waals surface area contributed by atoms with Crippen LogP contribution in [0.4, 0.5) is 11.4 Å². The third-order valence-corrected chi connectivity index (χ3v) is 5.58. The molecule has 3 nitrogen and oxygen atoms in total. The summed E-state index contributed by atoms with van der Waals surface area (Å²) in [5.74, 6) is 1.34. The second kappa shape index (κ2) is 5.80. The van der Waals surface area contributed by atoms with E-state index in [1.165, 1.54) is 0 Å². The van der Waals surface area contributed by atoms with Crippen LogP contribution in [0.5, 0.6) is 11.5 Å². The Morgan fingerprint density at radius 2 is 1.59 bits per heavy atom. The lowest BCUT2D eigenvalue weighted by Gasteiger charge is -2.44. The molecule has 1 spiro atoms. The predicted octanol–water partition coefficient (Wildman–Crippen LogP) is 5.78. The zero-order valence-corrected chi connectivity index (χ0v) is 15.8. The molecule has 134 valence electrons. The predicted molar refractivity (Wildman–Crippen MR) is 109 cm³/mol. The average molecular weight is 376 g/mol. The van der Waals surface area contributed by atoms with Crippen LogP contribution in [0.15, 0.2) is 66.7 Å². The number of para-hydroxylation sites is 2. The molecule has 0 aromatic heterocycles. The van der Waals surface area contributed by atoms with Crippen molar-refractivity contribution >= 4 is 29.1 Å². The summed E-state index contributed by atoms with van der Waals surface area (Å²) < 4.78 is 12.3. The lowest BCUT2D eigenvalue weighted by atomic mass is 9.79. The molecule has 0 unspecified atom stereocenters. The largest absolute Gasteiger partial charge is 0.493 e. The number of hydrogen-bond acceptors (Lipinski definition) is 3. The fraction of sp³-hybridized carbons (Fsp3) is 0.130. The first-order valence-electron chi connectivity index (χ1n) is 8.82. The average Bonchev–Trinajstić information content (AvgIpc) is 2.72. The highest BCUT2D eigenvalue weighted by Crippen LogP contribution is 2.54. The molecular formula is C23H18ClNO2. The van der Waals surface area contributed by atoms with Crippen LogP contribution in [0, 0.1) is 0 Å². The Labute approximate surface area is 163 Å². The summed E-state index contributed by atoms with van der Waals surface area (Å²) in [5, 5.41) is 0.624. The number of nitrogens with zero attached hydrogens (tertiary/aromatic N) is 1. The summed E-state index contributed by atoms with van der Waals surface area (Å²) in [6, 6.07) is 20.4. The first-order valence-corrected chi connectivity index (χ1v) is 9.20. The number of benzene rings is 3. The van der Waals surface area contributed by atoms with Crippen LogP contribution in [0.25, 0.3) is 6.08 Å². The number of methoxy groups -OCH3 is 1. The summed E-state index contributed by atoms with van der Waals surface area (Å²) in [5.41, 5.74) is 4.65. The van der Waals surface area contributed by atoms with E-state index in [4.69, 9.17) is 21.1 Å². The van der Waals surface area contributed by atoms with Crippen molar-refractivity contribution in [1.82, 2.24) is 0 Å². The molecule has 2 aliphatic heterocycles. The van der Waals surface area contributed by atoms with Gasteiger partial charge in [0.05, 0.1) is 7.11 Å². The van der Waals surface area contributed by atoms with Gasteiger partial charge in [0.2, 0.25) is 0 Å². The van der Waals surface area contributed by atoms with Crippen LogP contribution >= 0.6 is 11.6 Å². The smallest absolute Gasteiger partial charge is 0.182 e. The van der Waals surface area contributed by atoms with Crippen molar-refractivity contribution in [3.63, 3.8) is 0 Å². The lowest BCUT2D eigenvalue weighted by Crippen LogP contribution is -2.40. The van der Waals surface area contributed by atoms with Gasteiger partial charge in [0, 0.05) is 46.2 Å². The molecule has 3 aromatic carbocycles. The molecular weight excluding hydrogens is 358 g/mol. The van der Waals surface area contributed by atoms with Gasteiger partial charge in [0.15, 0.2) is 17.1 Å². The summed E-state index contributed by atoms with van der Waals surface area (Å²) >= 11 is 6.24. The van der Waals surface area contributed by atoms with Crippen LogP contribution in [0.3, 0.4) is 0 Å². The number of rotatable bonds is 1. The minimum absolute atomic E-state index is 0.624. The maximum absolute atomic E-state index is 6.74. The van der Waals surface area contributed by atoms with Crippen LogP contribution in [0.2, 0.25) is 5.02 Å². The first-order chi connectivity index (χ1) is 13.1. The monoisotopic (exact) mass is 375 g/mol. The molecule has 27 heavy (non-hydrogen) atoms. The van der Waals surface area contributed by atoms with E-state index in [-0.39, 0.29) is 0 Å². The Hall–Kier alpha value is -2.91. The maximum Gasteiger partial charge on any atom is 0.182 e. The normalized spacial score (nSPS) is 15.6. The minimum atomic E-state index is -0.714. The standard InChI is InChI=1S/C23H18ClNO2/c1-25-19-9-5-3-7-17(19)23(18-8-4-6-10-20(18)25)12-11-15-13-16(24)14-21(26-2)22(15)27-23/h3-14H,1-2H3. The van der Waals surface area contributed by atoms with Crippen LogP contribution in [-0.4, -0.2) is 14.2 Å². The quantitative estimate of drug-likeness (QED) is 0.538. The molecule has 0 bridgehead atoms. The summed E-state index contributed by atoms with van der Waals surface area (Å²) in [6.07, 6.45) is 4.20. The highest BCUT2D eigenvalue weighted by molar-refractivity contribution is 6.31. The molecule has 0 N–H and O–H groups in total. The van der Waals surface area contributed by atoms with Crippen molar-refractivity contribution in [2.45, 2.75) is 5.60 Å². The molecule has 5 rings (SSSR count). The van der Waals surface area contributed by atoms with E-state index in [0.717, 1.165) is 28.1 Å². The molecule has 0 fully saturated rings. The Balaban J connectivity index is 1.81. The molecule has 0 amide bonds. The minimum Gasteiger partial charge on any atom is -0.493 e. The van der Waals surface area contributed by atoms with E-state index >= 15 is 0 Å². The van der Waals surface area contributed by atoms with Crippen LogP contribution in [0.1, 0.15) is 16.7 Å². The topological polar surface area (TPSA) is 21.7 Å². The van der Waals surface area contributed by atoms with Gasteiger partial charge in [-0.15, -0.1) is 0 Å². The van der Waals surface area contributed by atoms with E-state index in [2.05, 4.69) is 60.5 Å². The Morgan fingerprint density at radius 1 is 0.963 bits per heavy atom. The van der Waals surface area contributed by atoms with Gasteiger partial charge >= 0.3 is 0 Å². The van der Waals surface area contributed by atoms with Gasteiger partial charge in [-0.05, 0) is 24.3 Å². The van der Waals surface area contributed by atoms with Gasteiger partial charge < -0.3 is 14.4 Å². The molecule has 4 heteroatoms. The molecule has 2 heterocycles. The van der Waals surface area contributed by atoms with Gasteiger partial charge in [-0.1, -0.05) is 54.1 Å². The van der Waals surface area contributed by atoms with Gasteiger partial charge in [-0.3, -0.25) is 0 Å². The van der Waals surface area contributed by atoms with Crippen molar-refractivity contribution in [1.29, 1.82) is 0 Å². The second-order valence-electron chi connectivity index (χ2n) is 6.79. The lowest BCUT2D eigenvalue weighted by molar-refractivity contribution is 0.153. The summed E-state index contributed by atoms with van der Waals surface area (Å²) in [6.45, 7) is 0. The molecule has 0 radical (unpaired) electrons. The van der Waals surface area contributed by atoms with E-state index in [9.17, 15) is 0 Å². The third kappa shape index (κ3) is 2.22. The van der Waals surface area contributed by atoms with Crippen molar-refractivity contribution in [2.75, 3.05) is 19.1 Å². The maximum atomic E-state index is 6.74. The second-order valence-corrected chi connectivity index (χ2v) is 7.23. The number of anilines is 2. The highest BCUT2D eigenvalue weighted by atomic mass is 35.5. The van der Waals surface area contributed by atoms with Gasteiger partial charge in [0.1, 0.15) is 0 Å². The fourth-order valence-electron chi connectivity index (χ4n) is 4.10. The van der Waals surface area contributed by atoms with E-state index in [0.29, 0.717) is 16.5 Å². The number of ether oxygens (including phenoxy) is 2. The first kappa shape index (κ1) is 16.3. The Bertz CT molecular complexity index is 1040. The van der Waals surface area contributed by atoms with Crippen molar-refractivity contribution in [2.24, 2.45) is 0 Å². The highest BCUT2D eigenvalue weighted by Gasteiger charge is 2.45. The molecule has 2 aliphatic rings. The molecule has 0 atom stereocenters. The Morgan fingerprint density at radius 3 is 2.22 bits per heavy atom. The number of hydrogen-bond donors (Lipinski definition) is 0. The fourth-order valence-corrected chi connectivity index (χ4v) is 4.32. The van der Waals surface area contributed by atoms with Crippen molar-refractivity contribution in [3.8, 4) is 11.5 Å². The van der Waals surface area contributed by atoms with E-state index in [1.54, 1.807) is 13.2 Å². The molecule has 0 saturated heterocycles. The summed E-state index contributed by atoms with van der Waals surface area (Å²) in [7, 11) is 3.72. The Kier molecular flexibility index (Phi) is 3.49. The molecule has 0 saturated carbocycles. The summed E-state index contributed by atoms with van der Waals surface area (Å²) in [4.78, 5) is 2.21. The van der Waals surface area contributed by atoms with Crippen LogP contribution in [-0.2, 0) is 5.60 Å². The SMILES string of the molecule is COc1cc(Cl)cc2c1OC1(C=C2)c2ccccc2N(C)c2ccccc21. The van der Waals surface area contributed by atoms with Gasteiger partial charge in [-0.25, -0.2) is 0 Å².